The van der Waals surface area contributed by atoms with Crippen LogP contribution in [0.15, 0.2) is 48.5 Å². The second kappa shape index (κ2) is 5.58. The van der Waals surface area contributed by atoms with Crippen LogP contribution in [-0.4, -0.2) is 7.11 Å². The summed E-state index contributed by atoms with van der Waals surface area (Å²) in [5.74, 6) is 0.871. The van der Waals surface area contributed by atoms with Crippen LogP contribution in [0.1, 0.15) is 24.1 Å². The highest BCUT2D eigenvalue weighted by Gasteiger charge is 2.05. The van der Waals surface area contributed by atoms with Crippen LogP contribution in [0.4, 0.5) is 5.69 Å². The minimum atomic E-state index is 0.276. The quantitative estimate of drug-likeness (QED) is 0.867. The van der Waals surface area contributed by atoms with Gasteiger partial charge >= 0.3 is 0 Å². The molecule has 0 heterocycles. The number of rotatable bonds is 4. The van der Waals surface area contributed by atoms with Crippen LogP contribution in [0.2, 0.25) is 0 Å². The zero-order valence-electron chi connectivity index (χ0n) is 11.1. The van der Waals surface area contributed by atoms with E-state index in [1.54, 1.807) is 7.11 Å². The Balaban J connectivity index is 2.10. The van der Waals surface area contributed by atoms with E-state index in [1.165, 1.54) is 11.1 Å². The molecule has 2 aromatic carbocycles. The summed E-state index contributed by atoms with van der Waals surface area (Å²) in [4.78, 5) is 0. The Morgan fingerprint density at radius 2 is 1.78 bits per heavy atom. The Kier molecular flexibility index (Phi) is 3.88. The molecule has 0 amide bonds. The van der Waals surface area contributed by atoms with Gasteiger partial charge in [0.2, 0.25) is 0 Å². The number of nitrogens with one attached hydrogen (secondary N) is 1. The lowest BCUT2D eigenvalue weighted by atomic mass is 10.1. The first-order valence-corrected chi connectivity index (χ1v) is 6.16. The van der Waals surface area contributed by atoms with Gasteiger partial charge in [0.15, 0.2) is 0 Å². The molecule has 0 radical (unpaired) electrons. The number of hydrogen-bond donors (Lipinski definition) is 1. The summed E-state index contributed by atoms with van der Waals surface area (Å²) in [7, 11) is 1.68. The Labute approximate surface area is 109 Å². The minimum Gasteiger partial charge on any atom is -0.497 e. The van der Waals surface area contributed by atoms with Crippen LogP contribution < -0.4 is 10.1 Å². The fraction of sp³-hybridized carbons (Fsp3) is 0.250. The van der Waals surface area contributed by atoms with Gasteiger partial charge < -0.3 is 10.1 Å². The summed E-state index contributed by atoms with van der Waals surface area (Å²) < 4.78 is 5.22. The molecule has 0 unspecified atom stereocenters. The molecular weight excluding hydrogens is 222 g/mol. The van der Waals surface area contributed by atoms with Crippen LogP contribution >= 0.6 is 0 Å². The lowest BCUT2D eigenvalue weighted by Gasteiger charge is -2.16. The molecule has 0 aliphatic heterocycles. The second-order valence-corrected chi connectivity index (χ2v) is 4.51. The minimum absolute atomic E-state index is 0.276. The Morgan fingerprint density at radius 1 is 1.06 bits per heavy atom. The van der Waals surface area contributed by atoms with E-state index in [9.17, 15) is 0 Å². The smallest absolute Gasteiger partial charge is 0.120 e. The monoisotopic (exact) mass is 241 g/mol. The summed E-state index contributed by atoms with van der Waals surface area (Å²) in [5.41, 5.74) is 3.64. The summed E-state index contributed by atoms with van der Waals surface area (Å²) in [5, 5.41) is 3.47. The molecular formula is C16H19NO. The molecule has 2 nitrogen and oxygen atoms in total. The van der Waals surface area contributed by atoms with Gasteiger partial charge in [0.05, 0.1) is 7.11 Å². The highest BCUT2D eigenvalue weighted by molar-refractivity contribution is 5.49. The Hall–Kier alpha value is -1.96. The number of methoxy groups -OCH3 is 1. The van der Waals surface area contributed by atoms with Crippen LogP contribution in [0.5, 0.6) is 5.75 Å². The second-order valence-electron chi connectivity index (χ2n) is 4.51. The maximum Gasteiger partial charge on any atom is 0.120 e. The van der Waals surface area contributed by atoms with Gasteiger partial charge in [-0.15, -0.1) is 0 Å². The molecule has 0 fully saturated rings. The van der Waals surface area contributed by atoms with E-state index in [1.807, 2.05) is 24.3 Å². The highest BCUT2D eigenvalue weighted by atomic mass is 16.5. The fourth-order valence-electron chi connectivity index (χ4n) is 1.90. The summed E-state index contributed by atoms with van der Waals surface area (Å²) in [6, 6.07) is 16.9. The molecule has 0 aromatic heterocycles. The SMILES string of the molecule is COc1cccc(N[C@H](C)c2ccc(C)cc2)c1. The average Bonchev–Trinajstić information content (AvgIpc) is 2.39. The molecule has 1 N–H and O–H groups in total. The Bertz CT molecular complexity index is 505. The first kappa shape index (κ1) is 12.5. The van der Waals surface area contributed by atoms with Crippen molar-refractivity contribution >= 4 is 5.69 Å². The fourth-order valence-corrected chi connectivity index (χ4v) is 1.90. The number of benzene rings is 2. The standard InChI is InChI=1S/C16H19NO/c1-12-7-9-14(10-8-12)13(2)17-15-5-4-6-16(11-15)18-3/h4-11,13,17H,1-3H3/t13-/m1/s1. The van der Waals surface area contributed by atoms with Gasteiger partial charge in [0, 0.05) is 17.8 Å². The van der Waals surface area contributed by atoms with E-state index < -0.39 is 0 Å². The molecule has 1 atom stereocenters. The van der Waals surface area contributed by atoms with Crippen LogP contribution in [-0.2, 0) is 0 Å². The van der Waals surface area contributed by atoms with Crippen molar-refractivity contribution in [2.45, 2.75) is 19.9 Å². The van der Waals surface area contributed by atoms with Gasteiger partial charge in [-0.05, 0) is 31.5 Å². The molecule has 0 saturated heterocycles. The summed E-state index contributed by atoms with van der Waals surface area (Å²) >= 11 is 0. The topological polar surface area (TPSA) is 21.3 Å². The van der Waals surface area contributed by atoms with E-state index >= 15 is 0 Å². The number of ether oxygens (including phenoxy) is 1. The maximum absolute atomic E-state index is 5.22. The van der Waals surface area contributed by atoms with E-state index in [0.717, 1.165) is 11.4 Å². The molecule has 2 aromatic rings. The van der Waals surface area contributed by atoms with E-state index in [2.05, 4.69) is 43.4 Å². The first-order chi connectivity index (χ1) is 8.69. The van der Waals surface area contributed by atoms with Crippen molar-refractivity contribution < 1.29 is 4.74 Å². The third-order valence-electron chi connectivity index (χ3n) is 3.03. The van der Waals surface area contributed by atoms with E-state index in [-0.39, 0.29) is 6.04 Å². The van der Waals surface area contributed by atoms with Gasteiger partial charge in [-0.3, -0.25) is 0 Å². The molecule has 0 spiro atoms. The maximum atomic E-state index is 5.22. The molecule has 2 heteroatoms. The lowest BCUT2D eigenvalue weighted by molar-refractivity contribution is 0.415. The third kappa shape index (κ3) is 3.04. The van der Waals surface area contributed by atoms with Crippen molar-refractivity contribution in [3.05, 3.63) is 59.7 Å². The van der Waals surface area contributed by atoms with Crippen molar-refractivity contribution in [2.75, 3.05) is 12.4 Å². The normalized spacial score (nSPS) is 11.9. The van der Waals surface area contributed by atoms with Crippen LogP contribution in [0, 0.1) is 6.92 Å². The summed E-state index contributed by atoms with van der Waals surface area (Å²) in [6.45, 7) is 4.26. The van der Waals surface area contributed by atoms with Crippen LogP contribution in [0.3, 0.4) is 0 Å². The van der Waals surface area contributed by atoms with E-state index in [0.29, 0.717) is 0 Å². The molecule has 2 rings (SSSR count). The molecule has 0 saturated carbocycles. The zero-order chi connectivity index (χ0) is 13.0. The molecule has 94 valence electrons. The first-order valence-electron chi connectivity index (χ1n) is 6.16. The molecule has 0 aliphatic rings. The van der Waals surface area contributed by atoms with Crippen LogP contribution in [0.25, 0.3) is 0 Å². The lowest BCUT2D eigenvalue weighted by Crippen LogP contribution is -2.06. The molecule has 0 aliphatic carbocycles. The third-order valence-corrected chi connectivity index (χ3v) is 3.03. The van der Waals surface area contributed by atoms with Gasteiger partial charge in [-0.1, -0.05) is 35.9 Å². The van der Waals surface area contributed by atoms with Crippen molar-refractivity contribution in [1.82, 2.24) is 0 Å². The van der Waals surface area contributed by atoms with E-state index in [4.69, 9.17) is 4.74 Å². The average molecular weight is 241 g/mol. The largest absolute Gasteiger partial charge is 0.497 e. The molecule has 18 heavy (non-hydrogen) atoms. The Morgan fingerprint density at radius 3 is 2.44 bits per heavy atom. The number of hydrogen-bond acceptors (Lipinski definition) is 2. The van der Waals surface area contributed by atoms with Crippen molar-refractivity contribution in [3.8, 4) is 5.75 Å². The summed E-state index contributed by atoms with van der Waals surface area (Å²) in [6.07, 6.45) is 0. The number of anilines is 1. The van der Waals surface area contributed by atoms with Gasteiger partial charge in [-0.25, -0.2) is 0 Å². The predicted octanol–water partition coefficient (Wildman–Crippen LogP) is 4.18. The molecule has 0 bridgehead atoms. The van der Waals surface area contributed by atoms with Crippen molar-refractivity contribution in [3.63, 3.8) is 0 Å². The van der Waals surface area contributed by atoms with Gasteiger partial charge in [-0.2, -0.15) is 0 Å². The van der Waals surface area contributed by atoms with Crippen molar-refractivity contribution in [1.29, 1.82) is 0 Å². The number of aryl methyl sites for hydroxylation is 1. The van der Waals surface area contributed by atoms with Crippen molar-refractivity contribution in [2.24, 2.45) is 0 Å². The zero-order valence-corrected chi connectivity index (χ0v) is 11.1. The van der Waals surface area contributed by atoms with Gasteiger partial charge in [0.25, 0.3) is 0 Å². The van der Waals surface area contributed by atoms with Gasteiger partial charge in [0.1, 0.15) is 5.75 Å². The predicted molar refractivity (Wildman–Crippen MR) is 76.2 cm³/mol. The highest BCUT2D eigenvalue weighted by Crippen LogP contribution is 2.22.